The Balaban J connectivity index is 1.48. The van der Waals surface area contributed by atoms with Gasteiger partial charge in [0, 0.05) is 39.0 Å². The van der Waals surface area contributed by atoms with Gasteiger partial charge in [0.2, 0.25) is 0 Å². The summed E-state index contributed by atoms with van der Waals surface area (Å²) in [4.78, 5) is 17.1. The van der Waals surface area contributed by atoms with Crippen LogP contribution in [0.15, 0.2) is 18.2 Å². The van der Waals surface area contributed by atoms with Crippen molar-refractivity contribution in [1.29, 1.82) is 0 Å². The molecule has 1 aliphatic heterocycles. The number of imidazole rings is 1. The third-order valence-corrected chi connectivity index (χ3v) is 5.31. The second-order valence-electron chi connectivity index (χ2n) is 7.33. The highest BCUT2D eigenvalue weighted by Crippen LogP contribution is 2.31. The number of aromatic nitrogens is 4. The molecule has 1 aromatic carbocycles. The number of carbonyl (C=O) groups excluding carboxylic acids is 1. The molecule has 148 valence electrons. The van der Waals surface area contributed by atoms with E-state index in [1.165, 1.54) is 6.07 Å². The van der Waals surface area contributed by atoms with Gasteiger partial charge in [-0.2, -0.15) is 5.10 Å². The van der Waals surface area contributed by atoms with Gasteiger partial charge >= 0.3 is 0 Å². The van der Waals surface area contributed by atoms with E-state index in [0.717, 1.165) is 22.6 Å². The van der Waals surface area contributed by atoms with Gasteiger partial charge in [0.15, 0.2) is 11.5 Å². The van der Waals surface area contributed by atoms with Crippen LogP contribution in [0.5, 0.6) is 0 Å². The number of rotatable bonds is 4. The standard InChI is InChI=1S/C20H24FN5O2/c1-11-10-13-17(24-26(4)19(13)12(2)28-11)20(27)22-9-8-16-23-18-14(21)6-5-7-15(18)25(16)3/h5-7,11-12H,8-10H2,1-4H3,(H,22,27)/t11-,12+/m1/s1. The minimum absolute atomic E-state index is 0.0492. The fourth-order valence-electron chi connectivity index (χ4n) is 4.05. The highest BCUT2D eigenvalue weighted by atomic mass is 19.1. The van der Waals surface area contributed by atoms with Gasteiger partial charge < -0.3 is 14.6 Å². The van der Waals surface area contributed by atoms with Gasteiger partial charge in [-0.05, 0) is 26.0 Å². The van der Waals surface area contributed by atoms with Gasteiger partial charge in [0.1, 0.15) is 11.3 Å². The first kappa shape index (κ1) is 18.6. The van der Waals surface area contributed by atoms with Crippen molar-refractivity contribution in [3.63, 3.8) is 0 Å². The summed E-state index contributed by atoms with van der Waals surface area (Å²) in [5.41, 5.74) is 3.46. The topological polar surface area (TPSA) is 74.0 Å². The van der Waals surface area contributed by atoms with Gasteiger partial charge in [-0.3, -0.25) is 9.48 Å². The number of nitrogens with one attached hydrogen (secondary N) is 1. The molecule has 3 heterocycles. The average Bonchev–Trinajstić information content (AvgIpc) is 3.14. The Morgan fingerprint density at radius 2 is 2.14 bits per heavy atom. The number of amides is 1. The zero-order valence-electron chi connectivity index (χ0n) is 16.5. The number of hydrogen-bond acceptors (Lipinski definition) is 4. The van der Waals surface area contributed by atoms with E-state index in [0.29, 0.717) is 30.6 Å². The molecule has 2 atom stereocenters. The van der Waals surface area contributed by atoms with Crippen LogP contribution in [0, 0.1) is 5.82 Å². The highest BCUT2D eigenvalue weighted by Gasteiger charge is 2.31. The van der Waals surface area contributed by atoms with Crippen molar-refractivity contribution in [1.82, 2.24) is 24.6 Å². The van der Waals surface area contributed by atoms with Crippen LogP contribution in [-0.2, 0) is 31.7 Å². The Bertz CT molecular complexity index is 1050. The molecular weight excluding hydrogens is 361 g/mol. The quantitative estimate of drug-likeness (QED) is 0.749. The van der Waals surface area contributed by atoms with Crippen molar-refractivity contribution < 1.29 is 13.9 Å². The number of para-hydroxylation sites is 1. The first-order valence-corrected chi connectivity index (χ1v) is 9.46. The van der Waals surface area contributed by atoms with E-state index >= 15 is 0 Å². The molecule has 2 aromatic heterocycles. The molecule has 0 saturated carbocycles. The minimum atomic E-state index is -0.339. The molecule has 1 N–H and O–H groups in total. The summed E-state index contributed by atoms with van der Waals surface area (Å²) in [6.45, 7) is 4.37. The van der Waals surface area contributed by atoms with Crippen LogP contribution in [0.4, 0.5) is 4.39 Å². The van der Waals surface area contributed by atoms with E-state index in [-0.39, 0.29) is 23.9 Å². The lowest BCUT2D eigenvalue weighted by Crippen LogP contribution is -2.29. The number of hydrogen-bond donors (Lipinski definition) is 1. The molecular formula is C20H24FN5O2. The molecule has 28 heavy (non-hydrogen) atoms. The Kier molecular flexibility index (Phi) is 4.66. The number of nitrogens with zero attached hydrogens (tertiary/aromatic N) is 4. The second kappa shape index (κ2) is 7.01. The van der Waals surface area contributed by atoms with Crippen LogP contribution in [0.25, 0.3) is 11.0 Å². The SMILES string of the molecule is C[C@@H]1Cc2c(C(=O)NCCc3nc4c(F)cccc4n3C)nn(C)c2[C@H](C)O1. The fourth-order valence-corrected chi connectivity index (χ4v) is 4.05. The summed E-state index contributed by atoms with van der Waals surface area (Å²) in [6.07, 6.45) is 1.13. The molecule has 4 rings (SSSR count). The van der Waals surface area contributed by atoms with Gasteiger partial charge in [-0.15, -0.1) is 0 Å². The maximum absolute atomic E-state index is 13.9. The lowest BCUT2D eigenvalue weighted by atomic mass is 9.99. The van der Waals surface area contributed by atoms with E-state index in [2.05, 4.69) is 15.4 Å². The fraction of sp³-hybridized carbons (Fsp3) is 0.450. The number of aryl methyl sites for hydroxylation is 2. The third-order valence-electron chi connectivity index (χ3n) is 5.31. The number of ether oxygens (including phenoxy) is 1. The van der Waals surface area contributed by atoms with Crippen LogP contribution < -0.4 is 5.32 Å². The van der Waals surface area contributed by atoms with E-state index < -0.39 is 0 Å². The number of benzene rings is 1. The predicted octanol–water partition coefficient (Wildman–Crippen LogP) is 2.44. The van der Waals surface area contributed by atoms with Crippen LogP contribution in [0.1, 0.15) is 47.5 Å². The average molecular weight is 385 g/mol. The van der Waals surface area contributed by atoms with Crippen LogP contribution in [0.2, 0.25) is 0 Å². The van der Waals surface area contributed by atoms with Crippen LogP contribution >= 0.6 is 0 Å². The van der Waals surface area contributed by atoms with E-state index in [1.54, 1.807) is 10.7 Å². The van der Waals surface area contributed by atoms with Crippen molar-refractivity contribution >= 4 is 16.9 Å². The summed E-state index contributed by atoms with van der Waals surface area (Å²) in [5.74, 6) is 0.177. The van der Waals surface area contributed by atoms with Crippen molar-refractivity contribution in [3.05, 3.63) is 46.8 Å². The van der Waals surface area contributed by atoms with Crippen LogP contribution in [0.3, 0.4) is 0 Å². The molecule has 0 aliphatic carbocycles. The van der Waals surface area contributed by atoms with Crippen LogP contribution in [-0.4, -0.2) is 37.9 Å². The smallest absolute Gasteiger partial charge is 0.272 e. The van der Waals surface area contributed by atoms with E-state index in [4.69, 9.17) is 4.74 Å². The Morgan fingerprint density at radius 1 is 1.36 bits per heavy atom. The Morgan fingerprint density at radius 3 is 2.89 bits per heavy atom. The lowest BCUT2D eigenvalue weighted by Gasteiger charge is -2.26. The molecule has 0 fully saturated rings. The Hall–Kier alpha value is -2.74. The van der Waals surface area contributed by atoms with Crippen molar-refractivity contribution in [2.45, 2.75) is 38.9 Å². The maximum atomic E-state index is 13.9. The van der Waals surface area contributed by atoms with Gasteiger partial charge in [0.05, 0.1) is 23.4 Å². The first-order valence-electron chi connectivity index (χ1n) is 9.46. The summed E-state index contributed by atoms with van der Waals surface area (Å²) >= 11 is 0. The van der Waals surface area contributed by atoms with Gasteiger partial charge in [0.25, 0.3) is 5.91 Å². The van der Waals surface area contributed by atoms with Gasteiger partial charge in [-0.1, -0.05) is 6.07 Å². The maximum Gasteiger partial charge on any atom is 0.272 e. The van der Waals surface area contributed by atoms with Crippen molar-refractivity contribution in [2.24, 2.45) is 14.1 Å². The molecule has 1 aliphatic rings. The molecule has 0 radical (unpaired) electrons. The highest BCUT2D eigenvalue weighted by molar-refractivity contribution is 5.94. The summed E-state index contributed by atoms with van der Waals surface area (Å²) in [5, 5.41) is 7.34. The number of carbonyl (C=O) groups is 1. The molecule has 7 nitrogen and oxygen atoms in total. The normalized spacial score (nSPS) is 19.0. The van der Waals surface area contributed by atoms with Crippen molar-refractivity contribution in [2.75, 3.05) is 6.54 Å². The zero-order chi connectivity index (χ0) is 20.0. The predicted molar refractivity (Wildman–Crippen MR) is 103 cm³/mol. The zero-order valence-corrected chi connectivity index (χ0v) is 16.5. The van der Waals surface area contributed by atoms with Crippen molar-refractivity contribution in [3.8, 4) is 0 Å². The second-order valence-corrected chi connectivity index (χ2v) is 7.33. The summed E-state index contributed by atoms with van der Waals surface area (Å²) < 4.78 is 23.3. The minimum Gasteiger partial charge on any atom is -0.369 e. The lowest BCUT2D eigenvalue weighted by molar-refractivity contribution is -0.00902. The summed E-state index contributed by atoms with van der Waals surface area (Å²) in [7, 11) is 3.68. The number of fused-ring (bicyclic) bond motifs is 2. The largest absolute Gasteiger partial charge is 0.369 e. The monoisotopic (exact) mass is 385 g/mol. The van der Waals surface area contributed by atoms with E-state index in [1.807, 2.05) is 38.6 Å². The Labute approximate surface area is 162 Å². The van der Waals surface area contributed by atoms with E-state index in [9.17, 15) is 9.18 Å². The summed E-state index contributed by atoms with van der Waals surface area (Å²) in [6, 6.07) is 4.90. The number of halogens is 1. The molecule has 0 unspecified atom stereocenters. The third kappa shape index (κ3) is 3.07. The molecule has 0 bridgehead atoms. The first-order chi connectivity index (χ1) is 13.4. The molecule has 0 saturated heterocycles. The molecule has 8 heteroatoms. The van der Waals surface area contributed by atoms with Gasteiger partial charge in [-0.25, -0.2) is 9.37 Å². The molecule has 0 spiro atoms. The molecule has 3 aromatic rings. The molecule has 1 amide bonds.